The van der Waals surface area contributed by atoms with Crippen LogP contribution in [0.3, 0.4) is 0 Å². The molecule has 0 atom stereocenters. The lowest BCUT2D eigenvalue weighted by Crippen LogP contribution is -2.39. The first-order valence-electron chi connectivity index (χ1n) is 11.8. The number of unbranched alkanes of at least 4 members (excludes halogenated alkanes) is 1. The number of methoxy groups -OCH3 is 1. The van der Waals surface area contributed by atoms with Gasteiger partial charge in [0, 0.05) is 31.4 Å². The number of fused-ring (bicyclic) bond motifs is 1. The zero-order valence-electron chi connectivity index (χ0n) is 20.5. The Morgan fingerprint density at radius 1 is 1.08 bits per heavy atom. The summed E-state index contributed by atoms with van der Waals surface area (Å²) in [5, 5.41) is 6.91. The monoisotopic (exact) mass is 561 g/mol. The number of carbonyl (C=O) groups is 1. The summed E-state index contributed by atoms with van der Waals surface area (Å²) in [7, 11) is 1.52. The van der Waals surface area contributed by atoms with E-state index in [0.717, 1.165) is 56.8 Å². The number of rotatable bonds is 9. The highest BCUT2D eigenvalue weighted by atomic mass is 35.5. The third-order valence-corrected chi connectivity index (χ3v) is 6.30. The number of halogens is 5. The van der Waals surface area contributed by atoms with Crippen LogP contribution in [0.15, 0.2) is 52.9 Å². The van der Waals surface area contributed by atoms with Gasteiger partial charge < -0.3 is 24.7 Å². The molecule has 204 valence electrons. The predicted molar refractivity (Wildman–Crippen MR) is 143 cm³/mol. The number of piperidine rings is 1. The maximum Gasteiger partial charge on any atom is 0.416 e. The number of para-hydroxylation sites is 1. The molecule has 0 aliphatic carbocycles. The fourth-order valence-corrected chi connectivity index (χ4v) is 4.44. The van der Waals surface area contributed by atoms with Crippen LogP contribution in [0.4, 0.5) is 18.9 Å². The van der Waals surface area contributed by atoms with E-state index in [1.807, 2.05) is 18.2 Å². The smallest absolute Gasteiger partial charge is 0.416 e. The fourth-order valence-electron chi connectivity index (χ4n) is 4.44. The van der Waals surface area contributed by atoms with E-state index in [0.29, 0.717) is 23.6 Å². The van der Waals surface area contributed by atoms with Crippen molar-refractivity contribution >= 4 is 47.4 Å². The first-order valence-corrected chi connectivity index (χ1v) is 11.8. The number of hydrogen-bond acceptors (Lipinski definition) is 5. The van der Waals surface area contributed by atoms with Crippen LogP contribution in [-0.4, -0.2) is 50.1 Å². The quantitative estimate of drug-likeness (QED) is 0.296. The summed E-state index contributed by atoms with van der Waals surface area (Å²) in [4.78, 5) is 14.9. The average molecular weight is 562 g/mol. The van der Waals surface area contributed by atoms with E-state index in [9.17, 15) is 18.0 Å². The maximum atomic E-state index is 12.9. The number of furan rings is 1. The highest BCUT2D eigenvalue weighted by Crippen LogP contribution is 2.33. The van der Waals surface area contributed by atoms with E-state index in [4.69, 9.17) is 9.15 Å². The zero-order chi connectivity index (χ0) is 24.8. The standard InChI is InChI=1S/C26H30F3N3O3.2ClH/c1-34-23-21-9-2-3-10-22(21)35-24(23)25(33)30-13-4-5-14-32-15-11-19(12-16-32)31-20-8-6-7-18(17-20)26(27,28)29;;/h2-3,6-10,17,19,31H,4-5,11-16H2,1H3,(H,30,33);2*1H. The minimum Gasteiger partial charge on any atom is -0.492 e. The summed E-state index contributed by atoms with van der Waals surface area (Å²) >= 11 is 0. The van der Waals surface area contributed by atoms with Gasteiger partial charge in [0.2, 0.25) is 5.76 Å². The molecule has 4 rings (SSSR count). The Labute approximate surface area is 226 Å². The Balaban J connectivity index is 0.00000241. The van der Waals surface area contributed by atoms with Crippen molar-refractivity contribution in [1.82, 2.24) is 10.2 Å². The van der Waals surface area contributed by atoms with Crippen molar-refractivity contribution in [2.24, 2.45) is 0 Å². The molecule has 1 aliphatic heterocycles. The summed E-state index contributed by atoms with van der Waals surface area (Å²) in [5.41, 5.74) is 0.487. The number of carbonyl (C=O) groups excluding carboxylic acids is 1. The number of amides is 1. The molecule has 37 heavy (non-hydrogen) atoms. The van der Waals surface area contributed by atoms with E-state index in [-0.39, 0.29) is 42.5 Å². The van der Waals surface area contributed by atoms with Crippen LogP contribution in [0.1, 0.15) is 41.8 Å². The van der Waals surface area contributed by atoms with Crippen LogP contribution < -0.4 is 15.4 Å². The van der Waals surface area contributed by atoms with Crippen molar-refractivity contribution in [2.45, 2.75) is 37.9 Å². The van der Waals surface area contributed by atoms with Crippen LogP contribution in [0.5, 0.6) is 5.75 Å². The van der Waals surface area contributed by atoms with Crippen LogP contribution in [0.2, 0.25) is 0 Å². The zero-order valence-corrected chi connectivity index (χ0v) is 22.1. The van der Waals surface area contributed by atoms with Crippen molar-refractivity contribution in [2.75, 3.05) is 38.6 Å². The van der Waals surface area contributed by atoms with E-state index in [2.05, 4.69) is 15.5 Å². The van der Waals surface area contributed by atoms with Gasteiger partial charge in [-0.25, -0.2) is 0 Å². The molecule has 0 radical (unpaired) electrons. The molecular weight excluding hydrogens is 530 g/mol. The molecule has 1 fully saturated rings. The van der Waals surface area contributed by atoms with Gasteiger partial charge in [0.15, 0.2) is 5.75 Å². The molecule has 2 heterocycles. The van der Waals surface area contributed by atoms with Gasteiger partial charge in [-0.3, -0.25) is 4.79 Å². The van der Waals surface area contributed by atoms with E-state index < -0.39 is 11.7 Å². The van der Waals surface area contributed by atoms with E-state index in [1.54, 1.807) is 12.1 Å². The van der Waals surface area contributed by atoms with Crippen molar-refractivity contribution in [3.8, 4) is 5.75 Å². The number of hydrogen-bond donors (Lipinski definition) is 2. The Kier molecular flexibility index (Phi) is 11.4. The Hall–Kier alpha value is -2.62. The van der Waals surface area contributed by atoms with Gasteiger partial charge in [-0.15, -0.1) is 24.8 Å². The summed E-state index contributed by atoms with van der Waals surface area (Å²) in [6.07, 6.45) is -0.823. The van der Waals surface area contributed by atoms with Gasteiger partial charge in [0.25, 0.3) is 5.91 Å². The molecule has 1 aromatic heterocycles. The molecule has 3 aromatic rings. The van der Waals surface area contributed by atoms with Crippen LogP contribution in [0, 0.1) is 0 Å². The molecule has 1 saturated heterocycles. The number of nitrogens with one attached hydrogen (secondary N) is 2. The third-order valence-electron chi connectivity index (χ3n) is 6.30. The van der Waals surface area contributed by atoms with Crippen LogP contribution in [-0.2, 0) is 6.18 Å². The predicted octanol–water partition coefficient (Wildman–Crippen LogP) is 6.39. The summed E-state index contributed by atoms with van der Waals surface area (Å²) < 4.78 is 49.8. The molecule has 0 spiro atoms. The molecule has 2 N–H and O–H groups in total. The second-order valence-corrected chi connectivity index (χ2v) is 8.76. The largest absolute Gasteiger partial charge is 0.492 e. The lowest BCUT2D eigenvalue weighted by Gasteiger charge is -2.33. The average Bonchev–Trinajstić information content (AvgIpc) is 3.23. The topological polar surface area (TPSA) is 66.7 Å². The molecule has 11 heteroatoms. The van der Waals surface area contributed by atoms with Gasteiger partial charge in [0.05, 0.1) is 18.1 Å². The third kappa shape index (κ3) is 7.93. The number of anilines is 1. The van der Waals surface area contributed by atoms with Gasteiger partial charge in [-0.05, 0) is 62.6 Å². The minimum atomic E-state index is -4.33. The van der Waals surface area contributed by atoms with Crippen molar-refractivity contribution < 1.29 is 27.1 Å². The molecule has 1 amide bonds. The van der Waals surface area contributed by atoms with Gasteiger partial charge in [-0.2, -0.15) is 13.2 Å². The van der Waals surface area contributed by atoms with Gasteiger partial charge in [0.1, 0.15) is 5.58 Å². The molecule has 0 saturated carbocycles. The minimum absolute atomic E-state index is 0. The second-order valence-electron chi connectivity index (χ2n) is 8.76. The lowest BCUT2D eigenvalue weighted by atomic mass is 10.0. The van der Waals surface area contributed by atoms with E-state index in [1.165, 1.54) is 19.2 Å². The normalized spacial score (nSPS) is 14.5. The van der Waals surface area contributed by atoms with Crippen molar-refractivity contribution in [1.29, 1.82) is 0 Å². The molecule has 1 aliphatic rings. The summed E-state index contributed by atoms with van der Waals surface area (Å²) in [5.74, 6) is 0.336. The Morgan fingerprint density at radius 3 is 2.51 bits per heavy atom. The Bertz CT molecular complexity index is 1150. The summed E-state index contributed by atoms with van der Waals surface area (Å²) in [6, 6.07) is 12.9. The molecule has 0 bridgehead atoms. The Morgan fingerprint density at radius 2 is 1.81 bits per heavy atom. The van der Waals surface area contributed by atoms with Gasteiger partial charge in [-0.1, -0.05) is 18.2 Å². The highest BCUT2D eigenvalue weighted by molar-refractivity contribution is 6.01. The van der Waals surface area contributed by atoms with Crippen LogP contribution in [0.25, 0.3) is 11.0 Å². The number of benzene rings is 2. The second kappa shape index (κ2) is 13.8. The first kappa shape index (κ1) is 30.6. The highest BCUT2D eigenvalue weighted by Gasteiger charge is 2.30. The van der Waals surface area contributed by atoms with Gasteiger partial charge >= 0.3 is 6.18 Å². The molecule has 6 nitrogen and oxygen atoms in total. The number of alkyl halides is 3. The lowest BCUT2D eigenvalue weighted by molar-refractivity contribution is -0.137. The first-order chi connectivity index (χ1) is 16.8. The van der Waals surface area contributed by atoms with Crippen LogP contribution >= 0.6 is 24.8 Å². The fraction of sp³-hybridized carbons (Fsp3) is 0.423. The number of nitrogens with zero attached hydrogens (tertiary/aromatic N) is 1. The maximum absolute atomic E-state index is 12.9. The van der Waals surface area contributed by atoms with Crippen molar-refractivity contribution in [3.63, 3.8) is 0 Å². The molecular formula is C26H32Cl2F3N3O3. The molecule has 2 aromatic carbocycles. The molecule has 0 unspecified atom stereocenters. The summed E-state index contributed by atoms with van der Waals surface area (Å²) in [6.45, 7) is 3.23. The number of likely N-dealkylation sites (tertiary alicyclic amines) is 1. The van der Waals surface area contributed by atoms with E-state index >= 15 is 0 Å². The van der Waals surface area contributed by atoms with Crippen molar-refractivity contribution in [3.05, 3.63) is 59.9 Å². The number of ether oxygens (including phenoxy) is 1. The SMILES string of the molecule is COc1c(C(=O)NCCCCN2CCC(Nc3cccc(C(F)(F)F)c3)CC2)oc2ccccc12.Cl.Cl.